The van der Waals surface area contributed by atoms with Crippen molar-refractivity contribution >= 4 is 17.3 Å². The molecule has 0 aliphatic carbocycles. The van der Waals surface area contributed by atoms with Crippen molar-refractivity contribution in [3.05, 3.63) is 29.8 Å². The van der Waals surface area contributed by atoms with E-state index in [1.54, 1.807) is 0 Å². The first-order valence-electron chi connectivity index (χ1n) is 5.72. The van der Waals surface area contributed by atoms with E-state index in [1.807, 2.05) is 13.8 Å². The van der Waals surface area contributed by atoms with E-state index in [1.165, 1.54) is 5.56 Å². The van der Waals surface area contributed by atoms with Gasteiger partial charge in [-0.25, -0.2) is 0 Å². The predicted octanol–water partition coefficient (Wildman–Crippen LogP) is 3.30. The second-order valence-corrected chi connectivity index (χ2v) is 4.36. The largest absolute Gasteiger partial charge is 0.383 e. The van der Waals surface area contributed by atoms with Gasteiger partial charge in [-0.15, -0.1) is 11.6 Å². The summed E-state index contributed by atoms with van der Waals surface area (Å²) in [6.07, 6.45) is 1.23. The van der Waals surface area contributed by atoms with Gasteiger partial charge in [-0.3, -0.25) is 0 Å². The van der Waals surface area contributed by atoms with Crippen molar-refractivity contribution in [1.29, 1.82) is 0 Å². The number of benzene rings is 1. The summed E-state index contributed by atoms with van der Waals surface area (Å²) in [5, 5.41) is 3.31. The van der Waals surface area contributed by atoms with Crippen LogP contribution >= 0.6 is 11.6 Å². The summed E-state index contributed by atoms with van der Waals surface area (Å²) in [5.41, 5.74) is 2.41. The number of nitrogens with one attached hydrogen (secondary N) is 1. The minimum absolute atomic E-state index is 0.299. The van der Waals surface area contributed by atoms with Crippen molar-refractivity contribution < 1.29 is 4.74 Å². The lowest BCUT2D eigenvalue weighted by Gasteiger charge is -2.09. The average Bonchev–Trinajstić information content (AvgIpc) is 2.27. The Bertz CT molecular complexity index is 284. The zero-order chi connectivity index (χ0) is 11.8. The molecular formula is C13H20ClNO. The van der Waals surface area contributed by atoms with Crippen LogP contribution < -0.4 is 5.32 Å². The third kappa shape index (κ3) is 5.38. The minimum atomic E-state index is 0.299. The number of rotatable bonds is 7. The molecule has 0 aliphatic rings. The van der Waals surface area contributed by atoms with Gasteiger partial charge in [0.15, 0.2) is 0 Å². The Morgan fingerprint density at radius 2 is 1.94 bits per heavy atom. The molecule has 0 heterocycles. The quantitative estimate of drug-likeness (QED) is 0.584. The average molecular weight is 242 g/mol. The van der Waals surface area contributed by atoms with Crippen molar-refractivity contribution in [3.63, 3.8) is 0 Å². The van der Waals surface area contributed by atoms with Crippen LogP contribution in [0.3, 0.4) is 0 Å². The molecule has 16 heavy (non-hydrogen) atoms. The summed E-state index contributed by atoms with van der Waals surface area (Å²) in [7, 11) is 0. The highest BCUT2D eigenvalue weighted by molar-refractivity contribution is 6.17. The number of hydrogen-bond donors (Lipinski definition) is 1. The van der Waals surface area contributed by atoms with E-state index >= 15 is 0 Å². The third-order valence-electron chi connectivity index (χ3n) is 2.22. The lowest BCUT2D eigenvalue weighted by atomic mass is 10.1. The van der Waals surface area contributed by atoms with E-state index in [0.717, 1.165) is 25.3 Å². The highest BCUT2D eigenvalue weighted by atomic mass is 35.5. The first kappa shape index (κ1) is 13.3. The third-order valence-corrected chi connectivity index (χ3v) is 2.41. The normalized spacial score (nSPS) is 10.8. The summed E-state index contributed by atoms with van der Waals surface area (Å²) < 4.78 is 5.45. The molecule has 0 radical (unpaired) electrons. The van der Waals surface area contributed by atoms with Gasteiger partial charge in [-0.05, 0) is 38.0 Å². The Hall–Kier alpha value is -0.730. The predicted molar refractivity (Wildman–Crippen MR) is 70.4 cm³/mol. The van der Waals surface area contributed by atoms with Crippen LogP contribution in [0, 0.1) is 0 Å². The second kappa shape index (κ2) is 7.53. The van der Waals surface area contributed by atoms with Gasteiger partial charge in [-0.2, -0.15) is 0 Å². The lowest BCUT2D eigenvalue weighted by molar-refractivity contribution is 0.0870. The SMILES string of the molecule is CC(C)OCCNc1ccc(CCCl)cc1. The van der Waals surface area contributed by atoms with E-state index in [2.05, 4.69) is 29.6 Å². The number of alkyl halides is 1. The molecule has 0 unspecified atom stereocenters. The van der Waals surface area contributed by atoms with Gasteiger partial charge in [0.05, 0.1) is 12.7 Å². The zero-order valence-corrected chi connectivity index (χ0v) is 10.8. The van der Waals surface area contributed by atoms with Gasteiger partial charge >= 0.3 is 0 Å². The number of anilines is 1. The molecule has 2 nitrogen and oxygen atoms in total. The molecule has 0 saturated carbocycles. The molecular weight excluding hydrogens is 222 g/mol. The maximum atomic E-state index is 5.68. The van der Waals surface area contributed by atoms with Gasteiger partial charge < -0.3 is 10.1 Å². The van der Waals surface area contributed by atoms with Gasteiger partial charge in [0.25, 0.3) is 0 Å². The molecule has 90 valence electrons. The van der Waals surface area contributed by atoms with E-state index < -0.39 is 0 Å². The van der Waals surface area contributed by atoms with Crippen LogP contribution in [0.5, 0.6) is 0 Å². The molecule has 3 heteroatoms. The van der Waals surface area contributed by atoms with Crippen molar-refractivity contribution in [2.75, 3.05) is 24.3 Å². The summed E-state index contributed by atoms with van der Waals surface area (Å²) in [6.45, 7) is 5.66. The Kier molecular flexibility index (Phi) is 6.27. The van der Waals surface area contributed by atoms with E-state index in [0.29, 0.717) is 12.0 Å². The monoisotopic (exact) mass is 241 g/mol. The van der Waals surface area contributed by atoms with Gasteiger partial charge in [0.1, 0.15) is 0 Å². The number of halogens is 1. The molecule has 0 bridgehead atoms. The fourth-order valence-electron chi connectivity index (χ4n) is 1.39. The summed E-state index contributed by atoms with van der Waals surface area (Å²) in [5.74, 6) is 0.676. The van der Waals surface area contributed by atoms with Crippen molar-refractivity contribution in [3.8, 4) is 0 Å². The highest BCUT2D eigenvalue weighted by Gasteiger charge is 1.95. The van der Waals surface area contributed by atoms with Crippen molar-refractivity contribution in [1.82, 2.24) is 0 Å². The van der Waals surface area contributed by atoms with Crippen molar-refractivity contribution in [2.24, 2.45) is 0 Å². The Morgan fingerprint density at radius 1 is 1.25 bits per heavy atom. The van der Waals surface area contributed by atoms with Crippen molar-refractivity contribution in [2.45, 2.75) is 26.4 Å². The Balaban J connectivity index is 2.26. The Labute approximate surface area is 103 Å². The first-order chi connectivity index (χ1) is 7.72. The van der Waals surface area contributed by atoms with E-state index in [-0.39, 0.29) is 0 Å². The van der Waals surface area contributed by atoms with Crippen LogP contribution in [0.15, 0.2) is 24.3 Å². The van der Waals surface area contributed by atoms with Gasteiger partial charge in [-0.1, -0.05) is 12.1 Å². The second-order valence-electron chi connectivity index (χ2n) is 3.98. The summed E-state index contributed by atoms with van der Waals surface area (Å²) in [4.78, 5) is 0. The van der Waals surface area contributed by atoms with E-state index in [9.17, 15) is 0 Å². The highest BCUT2D eigenvalue weighted by Crippen LogP contribution is 2.10. The number of ether oxygens (including phenoxy) is 1. The maximum Gasteiger partial charge on any atom is 0.0642 e. The molecule has 0 aliphatic heterocycles. The fraction of sp³-hybridized carbons (Fsp3) is 0.538. The number of aryl methyl sites for hydroxylation is 1. The molecule has 0 spiro atoms. The Morgan fingerprint density at radius 3 is 2.50 bits per heavy atom. The molecule has 0 saturated heterocycles. The zero-order valence-electron chi connectivity index (χ0n) is 10.0. The molecule has 1 aromatic rings. The summed E-state index contributed by atoms with van der Waals surface area (Å²) in [6, 6.07) is 8.37. The first-order valence-corrected chi connectivity index (χ1v) is 6.26. The van der Waals surface area contributed by atoms with Crippen LogP contribution in [0.25, 0.3) is 0 Å². The van der Waals surface area contributed by atoms with Crippen LogP contribution in [0.4, 0.5) is 5.69 Å². The summed E-state index contributed by atoms with van der Waals surface area (Å²) >= 11 is 5.68. The molecule has 0 fully saturated rings. The molecule has 0 atom stereocenters. The van der Waals surface area contributed by atoms with E-state index in [4.69, 9.17) is 16.3 Å². The lowest BCUT2D eigenvalue weighted by Crippen LogP contribution is -2.13. The van der Waals surface area contributed by atoms with Crippen LogP contribution in [0.2, 0.25) is 0 Å². The molecule has 0 amide bonds. The van der Waals surface area contributed by atoms with Crippen LogP contribution in [-0.2, 0) is 11.2 Å². The van der Waals surface area contributed by atoms with Gasteiger partial charge in [0, 0.05) is 18.1 Å². The molecule has 1 rings (SSSR count). The topological polar surface area (TPSA) is 21.3 Å². The standard InChI is InChI=1S/C13H20ClNO/c1-11(2)16-10-9-15-13-5-3-12(4-6-13)7-8-14/h3-6,11,15H,7-10H2,1-2H3. The maximum absolute atomic E-state index is 5.68. The molecule has 0 aromatic heterocycles. The minimum Gasteiger partial charge on any atom is -0.383 e. The fourth-order valence-corrected chi connectivity index (χ4v) is 1.61. The molecule has 1 N–H and O–H groups in total. The smallest absolute Gasteiger partial charge is 0.0642 e. The van der Waals surface area contributed by atoms with Crippen LogP contribution in [-0.4, -0.2) is 25.1 Å². The number of hydrogen-bond acceptors (Lipinski definition) is 2. The van der Waals surface area contributed by atoms with Crippen LogP contribution in [0.1, 0.15) is 19.4 Å². The molecule has 1 aromatic carbocycles. The van der Waals surface area contributed by atoms with Gasteiger partial charge in [0.2, 0.25) is 0 Å².